The quantitative estimate of drug-likeness (QED) is 0.341. The Morgan fingerprint density at radius 2 is 1.56 bits per heavy atom. The van der Waals surface area contributed by atoms with Crippen molar-refractivity contribution in [2.75, 3.05) is 0 Å². The first kappa shape index (κ1) is 15.0. The second-order valence-electron chi connectivity index (χ2n) is 3.57. The predicted molar refractivity (Wildman–Crippen MR) is 51.6 cm³/mol. The van der Waals surface area contributed by atoms with Gasteiger partial charge in [-0.2, -0.15) is 0 Å². The van der Waals surface area contributed by atoms with Crippen molar-refractivity contribution in [2.24, 2.45) is 0 Å². The van der Waals surface area contributed by atoms with E-state index in [0.717, 1.165) is 0 Å². The van der Waals surface area contributed by atoms with Gasteiger partial charge in [-0.3, -0.25) is 4.79 Å². The Hall–Kier alpha value is -1.02. The van der Waals surface area contributed by atoms with Crippen LogP contribution in [0.4, 0.5) is 0 Å². The number of aliphatic hydroxyl groups excluding tert-OH is 4. The average Bonchev–Trinajstić information content (AvgIpc) is 2.16. The Balaban J connectivity index is 4.13. The van der Waals surface area contributed by atoms with Crippen molar-refractivity contribution in [2.45, 2.75) is 44.2 Å². The second kappa shape index (κ2) is 6.54. The number of carboxylic acid groups (broad SMARTS) is 1. The summed E-state index contributed by atoms with van der Waals surface area (Å²) >= 11 is 0. The lowest BCUT2D eigenvalue weighted by Crippen LogP contribution is -2.36. The van der Waals surface area contributed by atoms with Crippen molar-refractivity contribution in [3.8, 4) is 0 Å². The number of aliphatic carboxylic acids is 1. The molecule has 7 heteroatoms. The van der Waals surface area contributed by atoms with Gasteiger partial charge in [-0.25, -0.2) is 4.79 Å². The topological polar surface area (TPSA) is 135 Å². The van der Waals surface area contributed by atoms with Crippen LogP contribution in [0.2, 0.25) is 0 Å². The number of aliphatic hydroxyl groups is 4. The molecule has 0 heterocycles. The molecule has 0 rings (SSSR count). The first-order chi connectivity index (χ1) is 7.25. The van der Waals surface area contributed by atoms with Gasteiger partial charge in [0.1, 0.15) is 6.10 Å². The van der Waals surface area contributed by atoms with Crippen LogP contribution in [0, 0.1) is 0 Å². The lowest BCUT2D eigenvalue weighted by Gasteiger charge is -2.18. The summed E-state index contributed by atoms with van der Waals surface area (Å²) in [7, 11) is 0. The molecule has 0 saturated heterocycles. The zero-order valence-corrected chi connectivity index (χ0v) is 8.78. The molecule has 0 bridgehead atoms. The maximum atomic E-state index is 11.0. The molecule has 0 spiro atoms. The van der Waals surface area contributed by atoms with Crippen LogP contribution in [-0.2, 0) is 9.59 Å². The van der Waals surface area contributed by atoms with Crippen molar-refractivity contribution in [1.82, 2.24) is 0 Å². The van der Waals surface area contributed by atoms with Crippen LogP contribution in [-0.4, -0.2) is 61.7 Å². The third-order valence-electron chi connectivity index (χ3n) is 2.07. The highest BCUT2D eigenvalue weighted by Crippen LogP contribution is 2.08. The molecule has 0 aromatic heterocycles. The molecular weight excluding hydrogens is 220 g/mol. The van der Waals surface area contributed by atoms with Crippen LogP contribution >= 0.6 is 0 Å². The van der Waals surface area contributed by atoms with E-state index in [9.17, 15) is 19.8 Å². The summed E-state index contributed by atoms with van der Waals surface area (Å²) in [5.74, 6) is -2.19. The van der Waals surface area contributed by atoms with Crippen LogP contribution in [0.15, 0.2) is 0 Å². The highest BCUT2D eigenvalue weighted by atomic mass is 16.4. The number of carbonyl (C=O) groups excluding carboxylic acids is 1. The van der Waals surface area contributed by atoms with E-state index in [2.05, 4.69) is 0 Å². The van der Waals surface area contributed by atoms with E-state index in [1.807, 2.05) is 0 Å². The number of Topliss-reactive ketones (excluding diaryl/α,β-unsaturated/α-hetero) is 1. The van der Waals surface area contributed by atoms with Gasteiger partial charge in [0.05, 0.1) is 12.2 Å². The summed E-state index contributed by atoms with van der Waals surface area (Å²) < 4.78 is 0. The van der Waals surface area contributed by atoms with Crippen molar-refractivity contribution < 1.29 is 35.1 Å². The van der Waals surface area contributed by atoms with Gasteiger partial charge in [0, 0.05) is 12.8 Å². The molecular formula is C9H16O7. The Bertz CT molecular complexity index is 250. The fourth-order valence-corrected chi connectivity index (χ4v) is 0.999. The van der Waals surface area contributed by atoms with E-state index in [1.54, 1.807) is 0 Å². The number of hydrogen-bond acceptors (Lipinski definition) is 6. The van der Waals surface area contributed by atoms with E-state index in [4.69, 9.17) is 15.3 Å². The molecule has 16 heavy (non-hydrogen) atoms. The second-order valence-corrected chi connectivity index (χ2v) is 3.57. The molecule has 0 aromatic rings. The van der Waals surface area contributed by atoms with Crippen LogP contribution in [0.5, 0.6) is 0 Å². The summed E-state index contributed by atoms with van der Waals surface area (Å²) in [6.07, 6.45) is -7.17. The van der Waals surface area contributed by atoms with Crippen molar-refractivity contribution in [1.29, 1.82) is 0 Å². The van der Waals surface area contributed by atoms with Gasteiger partial charge in [-0.15, -0.1) is 0 Å². The van der Waals surface area contributed by atoms with Gasteiger partial charge >= 0.3 is 5.97 Å². The minimum Gasteiger partial charge on any atom is -0.479 e. The minimum absolute atomic E-state index is 0.495. The molecule has 4 atom stereocenters. The summed E-state index contributed by atoms with van der Waals surface area (Å²) in [5.41, 5.74) is 0. The van der Waals surface area contributed by atoms with Gasteiger partial charge in [0.25, 0.3) is 0 Å². The van der Waals surface area contributed by atoms with E-state index in [1.165, 1.54) is 6.92 Å². The lowest BCUT2D eigenvalue weighted by molar-refractivity contribution is -0.149. The van der Waals surface area contributed by atoms with Crippen LogP contribution < -0.4 is 0 Å². The summed E-state index contributed by atoms with van der Waals surface area (Å²) in [6.45, 7) is 1.22. The van der Waals surface area contributed by atoms with Gasteiger partial charge < -0.3 is 25.5 Å². The van der Waals surface area contributed by atoms with E-state index in [0.29, 0.717) is 0 Å². The average molecular weight is 236 g/mol. The molecule has 5 N–H and O–H groups in total. The molecule has 0 aliphatic rings. The fourth-order valence-electron chi connectivity index (χ4n) is 0.999. The first-order valence-electron chi connectivity index (χ1n) is 4.73. The fraction of sp³-hybridized carbons (Fsp3) is 0.778. The largest absolute Gasteiger partial charge is 0.479 e. The summed E-state index contributed by atoms with van der Waals surface area (Å²) in [4.78, 5) is 21.2. The molecule has 0 fully saturated rings. The number of carboxylic acids is 1. The Morgan fingerprint density at radius 3 is 1.94 bits per heavy atom. The maximum absolute atomic E-state index is 11.0. The minimum atomic E-state index is -1.80. The van der Waals surface area contributed by atoms with E-state index >= 15 is 0 Å². The highest BCUT2D eigenvalue weighted by Gasteiger charge is 2.26. The number of ketones is 1. The molecule has 7 nitrogen and oxygen atoms in total. The highest BCUT2D eigenvalue weighted by molar-refractivity contribution is 5.82. The van der Waals surface area contributed by atoms with E-state index in [-0.39, 0.29) is 0 Å². The third kappa shape index (κ3) is 5.17. The molecule has 0 aromatic carbocycles. The maximum Gasteiger partial charge on any atom is 0.332 e. The Morgan fingerprint density at radius 1 is 1.06 bits per heavy atom. The van der Waals surface area contributed by atoms with Crippen molar-refractivity contribution >= 4 is 11.8 Å². The van der Waals surface area contributed by atoms with Crippen molar-refractivity contribution in [3.63, 3.8) is 0 Å². The number of rotatable bonds is 7. The molecule has 0 amide bonds. The van der Waals surface area contributed by atoms with Crippen LogP contribution in [0.3, 0.4) is 0 Å². The van der Waals surface area contributed by atoms with Crippen LogP contribution in [0.1, 0.15) is 19.8 Å². The molecule has 4 unspecified atom stereocenters. The van der Waals surface area contributed by atoms with E-state index < -0.39 is 49.0 Å². The molecule has 0 radical (unpaired) electrons. The smallest absolute Gasteiger partial charge is 0.332 e. The lowest BCUT2D eigenvalue weighted by atomic mass is 10.0. The normalized spacial score (nSPS) is 18.6. The standard InChI is InChI=1S/C9H16O7/c1-4(10)5(11)2-6(12)7(13)3-8(14)9(15)16/h4,6-8,10,12-14H,2-3H2,1H3,(H,15,16). The zero-order chi connectivity index (χ0) is 12.9. The SMILES string of the molecule is CC(O)C(=O)CC(O)C(O)CC(O)C(=O)O. The zero-order valence-electron chi connectivity index (χ0n) is 8.78. The van der Waals surface area contributed by atoms with Crippen LogP contribution in [0.25, 0.3) is 0 Å². The van der Waals surface area contributed by atoms with Gasteiger partial charge in [-0.05, 0) is 6.92 Å². The predicted octanol–water partition coefficient (Wildman–Crippen LogP) is -2.12. The molecule has 0 saturated carbocycles. The summed E-state index contributed by atoms with van der Waals surface area (Å²) in [5, 5.41) is 44.6. The molecule has 0 aliphatic carbocycles. The van der Waals surface area contributed by atoms with Gasteiger partial charge in [0.15, 0.2) is 11.9 Å². The van der Waals surface area contributed by atoms with Gasteiger partial charge in [-0.1, -0.05) is 0 Å². The van der Waals surface area contributed by atoms with Gasteiger partial charge in [0.2, 0.25) is 0 Å². The number of carbonyl (C=O) groups is 2. The molecule has 94 valence electrons. The molecule has 0 aliphatic heterocycles. The summed E-state index contributed by atoms with van der Waals surface area (Å²) in [6, 6.07) is 0. The van der Waals surface area contributed by atoms with Crippen molar-refractivity contribution in [3.05, 3.63) is 0 Å². The Labute approximate surface area is 92.0 Å². The Kier molecular flexibility index (Phi) is 6.12. The monoisotopic (exact) mass is 236 g/mol. The first-order valence-corrected chi connectivity index (χ1v) is 4.73. The third-order valence-corrected chi connectivity index (χ3v) is 2.07. The number of hydrogen-bond donors (Lipinski definition) is 5.